The molecular weight excluding hydrogens is 401 g/mol. The molecule has 0 radical (unpaired) electrons. The second-order valence-corrected chi connectivity index (χ2v) is 5.55. The molecule has 0 amide bonds. The number of hydrogen-bond acceptors (Lipinski definition) is 4. The van der Waals surface area contributed by atoms with E-state index in [1.165, 1.54) is 37.4 Å². The van der Waals surface area contributed by atoms with Gasteiger partial charge in [-0.15, -0.1) is 13.2 Å². The van der Waals surface area contributed by atoms with Crippen molar-refractivity contribution in [2.45, 2.75) is 19.4 Å². The zero-order valence-corrected chi connectivity index (χ0v) is 15.2. The number of para-hydroxylation sites is 2. The van der Waals surface area contributed by atoms with Crippen LogP contribution in [0.3, 0.4) is 0 Å². The molecule has 0 saturated heterocycles. The van der Waals surface area contributed by atoms with E-state index >= 15 is 0 Å². The van der Waals surface area contributed by atoms with Crippen molar-refractivity contribution in [1.29, 1.82) is 0 Å². The standard InChI is InChI=1S/C18H18F5N3O3/c1-27-14-7-6-11(10-15(14)28-16(19)20)8-9-25-17(24)26-12-4-2-3-5-13(12)29-18(21,22)23/h2-7,10,16H,8-9H2,1H3,(H3,24,25,26). The predicted molar refractivity (Wildman–Crippen MR) is 96.6 cm³/mol. The summed E-state index contributed by atoms with van der Waals surface area (Å²) < 4.78 is 75.5. The van der Waals surface area contributed by atoms with E-state index in [1.807, 2.05) is 0 Å². The smallest absolute Gasteiger partial charge is 0.493 e. The summed E-state index contributed by atoms with van der Waals surface area (Å²) in [5.74, 6) is -0.559. The lowest BCUT2D eigenvalue weighted by Crippen LogP contribution is -2.24. The van der Waals surface area contributed by atoms with E-state index in [1.54, 1.807) is 6.07 Å². The number of alkyl halides is 5. The van der Waals surface area contributed by atoms with E-state index < -0.39 is 18.7 Å². The number of nitrogens with one attached hydrogen (secondary N) is 1. The third kappa shape index (κ3) is 7.35. The SMILES string of the molecule is COc1ccc(CCN=C(N)Nc2ccccc2OC(F)(F)F)cc1OC(F)F. The molecule has 0 unspecified atom stereocenters. The van der Waals surface area contributed by atoms with Gasteiger partial charge in [-0.3, -0.25) is 4.99 Å². The maximum atomic E-state index is 12.5. The molecule has 0 aliphatic heterocycles. The van der Waals surface area contributed by atoms with Gasteiger partial charge in [-0.05, 0) is 36.2 Å². The van der Waals surface area contributed by atoms with Crippen molar-refractivity contribution in [3.63, 3.8) is 0 Å². The summed E-state index contributed by atoms with van der Waals surface area (Å²) in [7, 11) is 1.32. The Morgan fingerprint density at radius 1 is 1.10 bits per heavy atom. The number of halogens is 5. The van der Waals surface area contributed by atoms with Gasteiger partial charge in [-0.25, -0.2) is 0 Å². The van der Waals surface area contributed by atoms with Crippen molar-refractivity contribution in [3.05, 3.63) is 48.0 Å². The number of nitrogens with zero attached hydrogens (tertiary/aromatic N) is 1. The highest BCUT2D eigenvalue weighted by Crippen LogP contribution is 2.30. The van der Waals surface area contributed by atoms with Crippen LogP contribution in [0.5, 0.6) is 17.2 Å². The zero-order chi connectivity index (χ0) is 21.4. The third-order valence-corrected chi connectivity index (χ3v) is 3.50. The fourth-order valence-corrected chi connectivity index (χ4v) is 2.33. The van der Waals surface area contributed by atoms with Gasteiger partial charge in [-0.1, -0.05) is 18.2 Å². The van der Waals surface area contributed by atoms with Crippen LogP contribution in [-0.2, 0) is 6.42 Å². The van der Waals surface area contributed by atoms with Crippen LogP contribution in [0.1, 0.15) is 5.56 Å². The van der Waals surface area contributed by atoms with Gasteiger partial charge >= 0.3 is 13.0 Å². The van der Waals surface area contributed by atoms with E-state index in [2.05, 4.69) is 19.8 Å². The Bertz CT molecular complexity index is 844. The molecular formula is C18H18F5N3O3. The number of ether oxygens (including phenoxy) is 3. The second kappa shape index (κ2) is 9.80. The van der Waals surface area contributed by atoms with Gasteiger partial charge in [-0.2, -0.15) is 8.78 Å². The first kappa shape index (κ1) is 22.1. The maximum Gasteiger partial charge on any atom is 0.573 e. The van der Waals surface area contributed by atoms with Crippen molar-refractivity contribution < 1.29 is 36.2 Å². The molecule has 158 valence electrons. The Morgan fingerprint density at radius 3 is 2.48 bits per heavy atom. The maximum absolute atomic E-state index is 12.5. The summed E-state index contributed by atoms with van der Waals surface area (Å²) in [6.45, 7) is -2.86. The molecule has 0 aromatic heterocycles. The van der Waals surface area contributed by atoms with E-state index in [0.29, 0.717) is 12.0 Å². The highest BCUT2D eigenvalue weighted by molar-refractivity contribution is 5.93. The van der Waals surface area contributed by atoms with Crippen LogP contribution < -0.4 is 25.3 Å². The molecule has 6 nitrogen and oxygen atoms in total. The highest BCUT2D eigenvalue weighted by Gasteiger charge is 2.32. The number of anilines is 1. The average molecular weight is 419 g/mol. The number of hydrogen-bond donors (Lipinski definition) is 2. The molecule has 2 rings (SSSR count). The van der Waals surface area contributed by atoms with Crippen molar-refractivity contribution in [1.82, 2.24) is 0 Å². The summed E-state index contributed by atoms with van der Waals surface area (Å²) in [6.07, 6.45) is -4.54. The molecule has 0 atom stereocenters. The third-order valence-electron chi connectivity index (χ3n) is 3.50. The number of guanidine groups is 1. The largest absolute Gasteiger partial charge is 0.573 e. The average Bonchev–Trinajstić information content (AvgIpc) is 2.62. The lowest BCUT2D eigenvalue weighted by Gasteiger charge is -2.14. The summed E-state index contributed by atoms with van der Waals surface area (Å²) in [4.78, 5) is 4.01. The van der Waals surface area contributed by atoms with Crippen LogP contribution in [0.4, 0.5) is 27.6 Å². The number of nitrogens with two attached hydrogens (primary N) is 1. The van der Waals surface area contributed by atoms with Crippen LogP contribution in [0, 0.1) is 0 Å². The molecule has 0 aliphatic rings. The van der Waals surface area contributed by atoms with Gasteiger partial charge in [0.2, 0.25) is 0 Å². The lowest BCUT2D eigenvalue weighted by molar-refractivity contribution is -0.274. The molecule has 0 saturated carbocycles. The first-order valence-electron chi connectivity index (χ1n) is 8.21. The summed E-state index contributed by atoms with van der Waals surface area (Å²) in [5.41, 5.74) is 6.32. The molecule has 0 spiro atoms. The van der Waals surface area contributed by atoms with Gasteiger partial charge in [0.15, 0.2) is 23.2 Å². The van der Waals surface area contributed by atoms with Crippen molar-refractivity contribution in [3.8, 4) is 17.2 Å². The minimum atomic E-state index is -4.85. The Hall–Kier alpha value is -3.24. The molecule has 0 fully saturated rings. The Kier molecular flexibility index (Phi) is 7.46. The normalized spacial score (nSPS) is 12.0. The Morgan fingerprint density at radius 2 is 1.83 bits per heavy atom. The first-order chi connectivity index (χ1) is 13.7. The molecule has 0 aliphatic carbocycles. The first-order valence-corrected chi connectivity index (χ1v) is 8.21. The van der Waals surface area contributed by atoms with Gasteiger partial charge in [0.25, 0.3) is 0 Å². The molecule has 3 N–H and O–H groups in total. The fraction of sp³-hybridized carbons (Fsp3) is 0.278. The van der Waals surface area contributed by atoms with E-state index in [4.69, 9.17) is 10.5 Å². The molecule has 0 bridgehead atoms. The van der Waals surface area contributed by atoms with Crippen LogP contribution >= 0.6 is 0 Å². The molecule has 29 heavy (non-hydrogen) atoms. The summed E-state index contributed by atoms with van der Waals surface area (Å²) in [5, 5.41) is 2.53. The van der Waals surface area contributed by atoms with Crippen LogP contribution in [0.2, 0.25) is 0 Å². The molecule has 0 heterocycles. The second-order valence-electron chi connectivity index (χ2n) is 5.55. The van der Waals surface area contributed by atoms with Crippen LogP contribution in [0.25, 0.3) is 0 Å². The van der Waals surface area contributed by atoms with E-state index in [0.717, 1.165) is 6.07 Å². The van der Waals surface area contributed by atoms with Gasteiger partial charge in [0.1, 0.15) is 0 Å². The quantitative estimate of drug-likeness (QED) is 0.382. The van der Waals surface area contributed by atoms with Gasteiger partial charge in [0, 0.05) is 6.54 Å². The van der Waals surface area contributed by atoms with Crippen molar-refractivity contribution >= 4 is 11.6 Å². The van der Waals surface area contributed by atoms with Gasteiger partial charge in [0.05, 0.1) is 12.8 Å². The van der Waals surface area contributed by atoms with Crippen LogP contribution in [0.15, 0.2) is 47.5 Å². The molecule has 2 aromatic carbocycles. The zero-order valence-electron chi connectivity index (χ0n) is 15.2. The topological polar surface area (TPSA) is 78.1 Å². The minimum Gasteiger partial charge on any atom is -0.493 e. The number of rotatable bonds is 8. The van der Waals surface area contributed by atoms with E-state index in [9.17, 15) is 22.0 Å². The van der Waals surface area contributed by atoms with Crippen molar-refractivity contribution in [2.24, 2.45) is 10.7 Å². The monoisotopic (exact) mass is 419 g/mol. The summed E-state index contributed by atoms with van der Waals surface area (Å²) in [6, 6.07) is 9.86. The Labute approximate surface area is 163 Å². The number of aliphatic imine (C=N–C) groups is 1. The fourth-order valence-electron chi connectivity index (χ4n) is 2.33. The van der Waals surface area contributed by atoms with Gasteiger partial charge < -0.3 is 25.3 Å². The molecule has 11 heteroatoms. The summed E-state index contributed by atoms with van der Waals surface area (Å²) >= 11 is 0. The number of benzene rings is 2. The Balaban J connectivity index is 2.01. The van der Waals surface area contributed by atoms with E-state index in [-0.39, 0.29) is 29.7 Å². The predicted octanol–water partition coefficient (Wildman–Crippen LogP) is 4.16. The lowest BCUT2D eigenvalue weighted by atomic mass is 10.1. The van der Waals surface area contributed by atoms with Crippen molar-refractivity contribution in [2.75, 3.05) is 19.0 Å². The highest BCUT2D eigenvalue weighted by atomic mass is 19.4. The minimum absolute atomic E-state index is 0.0110. The van der Waals surface area contributed by atoms with Crippen LogP contribution in [-0.4, -0.2) is 32.6 Å². The number of methoxy groups -OCH3 is 1. The molecule has 2 aromatic rings.